The van der Waals surface area contributed by atoms with Crippen molar-refractivity contribution < 1.29 is 29.0 Å². The molecule has 2 aromatic carbocycles. The maximum atomic E-state index is 12.8. The van der Waals surface area contributed by atoms with E-state index in [1.54, 1.807) is 0 Å². The quantitative estimate of drug-likeness (QED) is 0.479. The molecule has 0 saturated heterocycles. The Morgan fingerprint density at radius 3 is 2.31 bits per heavy atom. The lowest BCUT2D eigenvalue weighted by atomic mass is 9.96. The molecule has 0 radical (unpaired) electrons. The van der Waals surface area contributed by atoms with Gasteiger partial charge in [-0.2, -0.15) is 0 Å². The number of methoxy groups -OCH3 is 1. The first-order chi connectivity index (χ1) is 17.0. The number of ether oxygens (including phenoxy) is 2. The molecule has 4 rings (SSSR count). The van der Waals surface area contributed by atoms with Gasteiger partial charge in [0, 0.05) is 32.6 Å². The van der Waals surface area contributed by atoms with Gasteiger partial charge in [-0.3, -0.25) is 9.59 Å². The lowest BCUT2D eigenvalue weighted by Crippen LogP contribution is -2.49. The van der Waals surface area contributed by atoms with Gasteiger partial charge in [0.2, 0.25) is 5.91 Å². The first-order valence-corrected chi connectivity index (χ1v) is 12.1. The highest BCUT2D eigenvalue weighted by Crippen LogP contribution is 2.44. The van der Waals surface area contributed by atoms with Crippen molar-refractivity contribution >= 4 is 18.0 Å². The lowest BCUT2D eigenvalue weighted by molar-refractivity contribution is -0.143. The van der Waals surface area contributed by atoms with Gasteiger partial charge in [-0.1, -0.05) is 55.0 Å². The molecule has 3 unspecified atom stereocenters. The van der Waals surface area contributed by atoms with Gasteiger partial charge in [0.05, 0.1) is 5.92 Å². The average Bonchev–Trinajstić information content (AvgIpc) is 3.47. The van der Waals surface area contributed by atoms with E-state index >= 15 is 0 Å². The zero-order valence-electron chi connectivity index (χ0n) is 19.9. The Bertz CT molecular complexity index is 1030. The number of hydrogen-bond donors (Lipinski definition) is 3. The van der Waals surface area contributed by atoms with Crippen molar-refractivity contribution in [3.05, 3.63) is 59.7 Å². The van der Waals surface area contributed by atoms with Crippen LogP contribution in [0, 0.1) is 11.8 Å². The van der Waals surface area contributed by atoms with Crippen molar-refractivity contribution in [3.8, 4) is 11.1 Å². The molecule has 2 aromatic rings. The standard InChI is InChI=1S/C27H32N2O6/c1-34-14-13-24(25(30)28-15-17-7-6-12-18(17)26(31)32)29-27(33)35-16-23-21-10-4-2-8-19(21)20-9-3-5-11-22(20)23/h2-5,8-11,17-18,23-24H,6-7,12-16H2,1H3,(H,28,30)(H,29,33)(H,31,32). The minimum absolute atomic E-state index is 0.0743. The number of carbonyl (C=O) groups is 3. The number of amides is 2. The van der Waals surface area contributed by atoms with Gasteiger partial charge < -0.3 is 25.2 Å². The van der Waals surface area contributed by atoms with E-state index in [4.69, 9.17) is 9.47 Å². The smallest absolute Gasteiger partial charge is 0.407 e. The van der Waals surface area contributed by atoms with Crippen molar-refractivity contribution in [3.63, 3.8) is 0 Å². The normalized spacial score (nSPS) is 19.5. The molecule has 8 heteroatoms. The molecule has 35 heavy (non-hydrogen) atoms. The molecule has 1 saturated carbocycles. The number of fused-ring (bicyclic) bond motifs is 3. The number of rotatable bonds is 10. The molecule has 2 aliphatic rings. The Balaban J connectivity index is 1.35. The van der Waals surface area contributed by atoms with Gasteiger partial charge in [0.15, 0.2) is 0 Å². The minimum Gasteiger partial charge on any atom is -0.481 e. The van der Waals surface area contributed by atoms with Gasteiger partial charge in [-0.15, -0.1) is 0 Å². The largest absolute Gasteiger partial charge is 0.481 e. The zero-order chi connectivity index (χ0) is 24.8. The van der Waals surface area contributed by atoms with Crippen LogP contribution in [0.3, 0.4) is 0 Å². The summed E-state index contributed by atoms with van der Waals surface area (Å²) < 4.78 is 10.7. The van der Waals surface area contributed by atoms with Gasteiger partial charge >= 0.3 is 12.1 Å². The molecule has 1 fully saturated rings. The summed E-state index contributed by atoms with van der Waals surface area (Å²) in [6, 6.07) is 15.3. The van der Waals surface area contributed by atoms with Crippen LogP contribution < -0.4 is 10.6 Å². The third-order valence-electron chi connectivity index (χ3n) is 7.08. The molecule has 8 nitrogen and oxygen atoms in total. The number of carbonyl (C=O) groups excluding carboxylic acids is 2. The van der Waals surface area contributed by atoms with Crippen molar-refractivity contribution in [2.24, 2.45) is 11.8 Å². The van der Waals surface area contributed by atoms with E-state index in [0.29, 0.717) is 6.42 Å². The van der Waals surface area contributed by atoms with Crippen LogP contribution in [-0.4, -0.2) is 56.0 Å². The highest BCUT2D eigenvalue weighted by molar-refractivity contribution is 5.86. The second-order valence-corrected chi connectivity index (χ2v) is 9.18. The molecule has 0 spiro atoms. The molecule has 0 aliphatic heterocycles. The highest BCUT2D eigenvalue weighted by Gasteiger charge is 2.34. The summed E-state index contributed by atoms with van der Waals surface area (Å²) >= 11 is 0. The third kappa shape index (κ3) is 5.65. The first kappa shape index (κ1) is 24.7. The molecule has 3 atom stereocenters. The third-order valence-corrected chi connectivity index (χ3v) is 7.08. The molecule has 2 amide bonds. The zero-order valence-corrected chi connectivity index (χ0v) is 19.9. The van der Waals surface area contributed by atoms with Crippen LogP contribution in [0.5, 0.6) is 0 Å². The summed E-state index contributed by atoms with van der Waals surface area (Å²) in [6.07, 6.45) is 1.83. The predicted octanol–water partition coefficient (Wildman–Crippen LogP) is 3.55. The van der Waals surface area contributed by atoms with Crippen LogP contribution in [0.2, 0.25) is 0 Å². The van der Waals surface area contributed by atoms with Crippen molar-refractivity contribution in [2.45, 2.75) is 37.6 Å². The molecule has 186 valence electrons. The molecule has 3 N–H and O–H groups in total. The lowest BCUT2D eigenvalue weighted by Gasteiger charge is -2.21. The van der Waals surface area contributed by atoms with E-state index < -0.39 is 24.0 Å². The van der Waals surface area contributed by atoms with Crippen LogP contribution in [0.25, 0.3) is 11.1 Å². The van der Waals surface area contributed by atoms with Gasteiger partial charge in [-0.05, 0) is 41.0 Å². The Kier molecular flexibility index (Phi) is 8.02. The fourth-order valence-corrected chi connectivity index (χ4v) is 5.25. The summed E-state index contributed by atoms with van der Waals surface area (Å²) in [5.41, 5.74) is 4.50. The number of alkyl carbamates (subject to hydrolysis) is 1. The highest BCUT2D eigenvalue weighted by atomic mass is 16.5. The summed E-state index contributed by atoms with van der Waals surface area (Å²) in [6.45, 7) is 0.704. The molecule has 0 aromatic heterocycles. The van der Waals surface area contributed by atoms with E-state index in [1.165, 1.54) is 7.11 Å². The summed E-state index contributed by atoms with van der Waals surface area (Å²) in [5, 5.41) is 14.8. The Labute approximate surface area is 205 Å². The molecular weight excluding hydrogens is 448 g/mol. The van der Waals surface area contributed by atoms with E-state index in [9.17, 15) is 19.5 Å². The van der Waals surface area contributed by atoms with Gasteiger partial charge in [-0.25, -0.2) is 4.79 Å². The summed E-state index contributed by atoms with van der Waals surface area (Å²) in [4.78, 5) is 36.9. The van der Waals surface area contributed by atoms with Crippen molar-refractivity contribution in [2.75, 3.05) is 26.9 Å². The van der Waals surface area contributed by atoms with Crippen LogP contribution in [-0.2, 0) is 19.1 Å². The molecule has 0 bridgehead atoms. The van der Waals surface area contributed by atoms with Crippen LogP contribution in [0.15, 0.2) is 48.5 Å². The van der Waals surface area contributed by atoms with E-state index in [-0.39, 0.29) is 43.9 Å². The fourth-order valence-electron chi connectivity index (χ4n) is 5.25. The average molecular weight is 481 g/mol. The van der Waals surface area contributed by atoms with E-state index in [0.717, 1.165) is 35.1 Å². The van der Waals surface area contributed by atoms with Crippen LogP contribution >= 0.6 is 0 Å². The number of carboxylic acid groups (broad SMARTS) is 1. The monoisotopic (exact) mass is 480 g/mol. The number of carboxylic acids is 1. The summed E-state index contributed by atoms with van der Waals surface area (Å²) in [5.74, 6) is -1.81. The molecule has 0 heterocycles. The maximum absolute atomic E-state index is 12.8. The minimum atomic E-state index is -0.838. The SMILES string of the molecule is COCCC(NC(=O)OCC1c2ccccc2-c2ccccc21)C(=O)NCC1CCCC1C(=O)O. The number of hydrogen-bond acceptors (Lipinski definition) is 5. The van der Waals surface area contributed by atoms with Crippen LogP contribution in [0.4, 0.5) is 4.79 Å². The topological polar surface area (TPSA) is 114 Å². The van der Waals surface area contributed by atoms with Crippen molar-refractivity contribution in [1.82, 2.24) is 10.6 Å². The Morgan fingerprint density at radius 1 is 1.03 bits per heavy atom. The van der Waals surface area contributed by atoms with E-state index in [1.807, 2.05) is 36.4 Å². The molecular formula is C27H32N2O6. The Hall–Kier alpha value is -3.39. The fraction of sp³-hybridized carbons (Fsp3) is 0.444. The second kappa shape index (κ2) is 11.4. The number of benzene rings is 2. The second-order valence-electron chi connectivity index (χ2n) is 9.18. The van der Waals surface area contributed by atoms with Gasteiger partial charge in [0.1, 0.15) is 12.6 Å². The predicted molar refractivity (Wildman–Crippen MR) is 130 cm³/mol. The van der Waals surface area contributed by atoms with Crippen LogP contribution in [0.1, 0.15) is 42.7 Å². The first-order valence-electron chi connectivity index (χ1n) is 12.1. The summed E-state index contributed by atoms with van der Waals surface area (Å²) in [7, 11) is 1.53. The maximum Gasteiger partial charge on any atom is 0.407 e. The van der Waals surface area contributed by atoms with Gasteiger partial charge in [0.25, 0.3) is 0 Å². The molecule has 2 aliphatic carbocycles. The van der Waals surface area contributed by atoms with E-state index in [2.05, 4.69) is 22.8 Å². The van der Waals surface area contributed by atoms with Crippen molar-refractivity contribution in [1.29, 1.82) is 0 Å². The number of aliphatic carboxylic acids is 1. The Morgan fingerprint density at radius 2 is 1.69 bits per heavy atom. The number of nitrogens with one attached hydrogen (secondary N) is 2.